The fourth-order valence-corrected chi connectivity index (χ4v) is 4.50. The Morgan fingerprint density at radius 1 is 0.522 bits per heavy atom. The van der Waals surface area contributed by atoms with Crippen molar-refractivity contribution < 1.29 is 38.1 Å². The van der Waals surface area contributed by atoms with Gasteiger partial charge in [-0.2, -0.15) is 0 Å². The molecular formula is C32H36Cl6O8. The van der Waals surface area contributed by atoms with Gasteiger partial charge in [-0.15, -0.1) is 0 Å². The maximum absolute atomic E-state index is 13.2. The lowest BCUT2D eigenvalue weighted by Gasteiger charge is -2.38. The predicted molar refractivity (Wildman–Crippen MR) is 181 cm³/mol. The van der Waals surface area contributed by atoms with Gasteiger partial charge in [0.15, 0.2) is 11.5 Å². The second-order valence-electron chi connectivity index (χ2n) is 13.9. The summed E-state index contributed by atoms with van der Waals surface area (Å²) in [6.45, 7) is 19.3. The summed E-state index contributed by atoms with van der Waals surface area (Å²) in [7, 11) is 0. The molecule has 14 heteroatoms. The summed E-state index contributed by atoms with van der Waals surface area (Å²) in [6, 6.07) is 2.22. The third-order valence-corrected chi connectivity index (χ3v) is 10.5. The van der Waals surface area contributed by atoms with Gasteiger partial charge in [-0.3, -0.25) is 0 Å². The number of esters is 4. The molecule has 0 aromatic heterocycles. The molecule has 0 amide bonds. The quantitative estimate of drug-likeness (QED) is 0.113. The maximum Gasteiger partial charge on any atom is 0.423 e. The highest BCUT2D eigenvalue weighted by molar-refractivity contribution is 6.47. The molecule has 254 valence electrons. The van der Waals surface area contributed by atoms with E-state index in [-0.39, 0.29) is 54.2 Å². The van der Waals surface area contributed by atoms with E-state index < -0.39 is 57.3 Å². The fourth-order valence-electron chi connectivity index (χ4n) is 3.06. The fraction of sp³-hybridized carbons (Fsp3) is 0.500. The standard InChI is InChI=1S/C32H36Cl6O8/c1-29(2,3)31(7,8)13-43-25(39)19-21(37)15(33)11-17(35)23(19)45-27(41)28(42)46-24-18(36)12-16(34)22(38)20(24)26(40)44-14-32(9,10)30(4,5)6/h11-12H,13-14H2,1-10H3. The molecule has 0 aliphatic rings. The molecule has 0 aliphatic carbocycles. The van der Waals surface area contributed by atoms with Crippen LogP contribution in [0.15, 0.2) is 12.1 Å². The van der Waals surface area contributed by atoms with E-state index in [1.165, 1.54) is 0 Å². The summed E-state index contributed by atoms with van der Waals surface area (Å²) >= 11 is 37.4. The Morgan fingerprint density at radius 2 is 0.804 bits per heavy atom. The minimum atomic E-state index is -1.67. The van der Waals surface area contributed by atoms with Crippen molar-refractivity contribution in [2.24, 2.45) is 21.7 Å². The number of benzene rings is 2. The van der Waals surface area contributed by atoms with Crippen LogP contribution in [0.4, 0.5) is 0 Å². The van der Waals surface area contributed by atoms with Crippen LogP contribution in [0, 0.1) is 21.7 Å². The molecule has 2 aromatic carbocycles. The molecule has 0 N–H and O–H groups in total. The molecule has 8 nitrogen and oxygen atoms in total. The Bertz CT molecular complexity index is 1440. The minimum Gasteiger partial charge on any atom is -0.461 e. The molecule has 0 saturated carbocycles. The monoisotopic (exact) mass is 758 g/mol. The van der Waals surface area contributed by atoms with Gasteiger partial charge < -0.3 is 18.9 Å². The van der Waals surface area contributed by atoms with Crippen LogP contribution in [-0.2, 0) is 19.1 Å². The zero-order valence-electron chi connectivity index (χ0n) is 27.1. The van der Waals surface area contributed by atoms with Gasteiger partial charge in [0, 0.05) is 10.8 Å². The Hall–Kier alpha value is -1.94. The largest absolute Gasteiger partial charge is 0.461 e. The lowest BCUT2D eigenvalue weighted by Crippen LogP contribution is -2.35. The molecular weight excluding hydrogens is 725 g/mol. The summed E-state index contributed by atoms with van der Waals surface area (Å²) in [5.74, 6) is -6.58. The van der Waals surface area contributed by atoms with E-state index in [2.05, 4.69) is 0 Å². The van der Waals surface area contributed by atoms with E-state index in [0.717, 1.165) is 12.1 Å². The summed E-state index contributed by atoms with van der Waals surface area (Å²) in [6.07, 6.45) is 0. The summed E-state index contributed by atoms with van der Waals surface area (Å²) in [4.78, 5) is 52.4. The van der Waals surface area contributed by atoms with E-state index in [9.17, 15) is 19.2 Å². The van der Waals surface area contributed by atoms with Crippen LogP contribution in [0.2, 0.25) is 30.1 Å². The Kier molecular flexibility index (Phi) is 12.8. The van der Waals surface area contributed by atoms with E-state index >= 15 is 0 Å². The number of hydrogen-bond donors (Lipinski definition) is 0. The topological polar surface area (TPSA) is 105 Å². The first-order chi connectivity index (χ1) is 20.7. The van der Waals surface area contributed by atoms with Crippen molar-refractivity contribution in [3.05, 3.63) is 53.4 Å². The normalized spacial score (nSPS) is 12.4. The molecule has 0 bridgehead atoms. The molecule has 0 heterocycles. The maximum atomic E-state index is 13.2. The highest BCUT2D eigenvalue weighted by atomic mass is 35.5. The highest BCUT2D eigenvalue weighted by Crippen LogP contribution is 2.44. The van der Waals surface area contributed by atoms with Crippen molar-refractivity contribution >= 4 is 93.5 Å². The second-order valence-corrected chi connectivity index (χ2v) is 16.3. The van der Waals surface area contributed by atoms with Crippen LogP contribution in [0.1, 0.15) is 90.0 Å². The van der Waals surface area contributed by atoms with Crippen LogP contribution >= 0.6 is 69.6 Å². The van der Waals surface area contributed by atoms with Gasteiger partial charge in [0.25, 0.3) is 0 Å². The molecule has 0 saturated heterocycles. The first-order valence-electron chi connectivity index (χ1n) is 13.9. The molecule has 2 aromatic rings. The van der Waals surface area contributed by atoms with E-state index in [1.54, 1.807) is 0 Å². The number of halogens is 6. The number of ether oxygens (including phenoxy) is 4. The van der Waals surface area contributed by atoms with Crippen LogP contribution in [0.5, 0.6) is 11.5 Å². The van der Waals surface area contributed by atoms with E-state index in [4.69, 9.17) is 88.6 Å². The molecule has 0 aliphatic heterocycles. The molecule has 0 radical (unpaired) electrons. The Balaban J connectivity index is 2.43. The summed E-state index contributed by atoms with van der Waals surface area (Å²) in [5.41, 5.74) is -2.49. The van der Waals surface area contributed by atoms with Crippen LogP contribution in [-0.4, -0.2) is 37.1 Å². The molecule has 46 heavy (non-hydrogen) atoms. The number of carbonyl (C=O) groups excluding carboxylic acids is 4. The second kappa shape index (κ2) is 14.7. The van der Waals surface area contributed by atoms with Gasteiger partial charge in [0.2, 0.25) is 0 Å². The molecule has 2 rings (SSSR count). The molecule has 0 fully saturated rings. The lowest BCUT2D eigenvalue weighted by atomic mass is 9.70. The van der Waals surface area contributed by atoms with Crippen molar-refractivity contribution in [2.75, 3.05) is 13.2 Å². The third kappa shape index (κ3) is 9.14. The number of hydrogen-bond acceptors (Lipinski definition) is 8. The average Bonchev–Trinajstić information content (AvgIpc) is 2.91. The van der Waals surface area contributed by atoms with Crippen LogP contribution in [0.3, 0.4) is 0 Å². The molecule has 0 atom stereocenters. The number of rotatable bonds is 8. The molecule has 0 unspecified atom stereocenters. The van der Waals surface area contributed by atoms with Crippen molar-refractivity contribution in [1.29, 1.82) is 0 Å². The zero-order chi connectivity index (χ0) is 35.7. The van der Waals surface area contributed by atoms with Gasteiger partial charge in [0.1, 0.15) is 11.1 Å². The zero-order valence-corrected chi connectivity index (χ0v) is 31.6. The van der Waals surface area contributed by atoms with Gasteiger partial charge in [-0.25, -0.2) is 19.2 Å². The van der Waals surface area contributed by atoms with Crippen molar-refractivity contribution in [1.82, 2.24) is 0 Å². The van der Waals surface area contributed by atoms with Crippen LogP contribution < -0.4 is 9.47 Å². The Morgan fingerprint density at radius 3 is 1.07 bits per heavy atom. The number of carbonyl (C=O) groups is 4. The third-order valence-electron chi connectivity index (χ3n) is 8.41. The van der Waals surface area contributed by atoms with Crippen molar-refractivity contribution in [3.63, 3.8) is 0 Å². The van der Waals surface area contributed by atoms with E-state index in [0.29, 0.717) is 0 Å². The SMILES string of the molecule is CC(C)(C)C(C)(C)COC(=O)c1c(Cl)c(Cl)cc(Cl)c1OC(=O)C(=O)Oc1c(Cl)cc(Cl)c(Cl)c1C(=O)OCC(C)(C)C(C)(C)C. The van der Waals surface area contributed by atoms with Crippen molar-refractivity contribution in [3.8, 4) is 11.5 Å². The smallest absolute Gasteiger partial charge is 0.423 e. The Labute approximate surface area is 299 Å². The molecule has 0 spiro atoms. The summed E-state index contributed by atoms with van der Waals surface area (Å²) in [5, 5.41) is -1.63. The van der Waals surface area contributed by atoms with Gasteiger partial charge >= 0.3 is 23.9 Å². The summed E-state index contributed by atoms with van der Waals surface area (Å²) < 4.78 is 21.4. The van der Waals surface area contributed by atoms with Gasteiger partial charge in [0.05, 0.1) is 43.3 Å². The predicted octanol–water partition coefficient (Wildman–Crippen LogP) is 10.6. The minimum absolute atomic E-state index is 0.0488. The highest BCUT2D eigenvalue weighted by Gasteiger charge is 2.37. The first kappa shape index (κ1) is 40.2. The van der Waals surface area contributed by atoms with E-state index in [1.807, 2.05) is 69.2 Å². The average molecular weight is 761 g/mol. The van der Waals surface area contributed by atoms with Gasteiger partial charge in [-0.05, 0) is 23.0 Å². The lowest BCUT2D eigenvalue weighted by molar-refractivity contribution is -0.156. The van der Waals surface area contributed by atoms with Crippen molar-refractivity contribution in [2.45, 2.75) is 69.2 Å². The van der Waals surface area contributed by atoms with Gasteiger partial charge in [-0.1, -0.05) is 139 Å². The van der Waals surface area contributed by atoms with Crippen LogP contribution in [0.25, 0.3) is 0 Å². The first-order valence-corrected chi connectivity index (χ1v) is 16.1.